The van der Waals surface area contributed by atoms with Crippen molar-refractivity contribution in [1.29, 1.82) is 0 Å². The molecule has 1 aromatic heterocycles. The minimum absolute atomic E-state index is 0.0649. The number of carboxylic acids is 1. The summed E-state index contributed by atoms with van der Waals surface area (Å²) in [5, 5.41) is 11.7. The summed E-state index contributed by atoms with van der Waals surface area (Å²) in [6.07, 6.45) is 0. The smallest absolute Gasteiger partial charge is 0.379 e. The molecule has 0 unspecified atom stereocenters. The number of benzene rings is 1. The molecule has 17 heavy (non-hydrogen) atoms. The minimum atomic E-state index is -4.09. The number of nitrogens with zero attached hydrogens (tertiary/aromatic N) is 1. The number of hydrogen-bond donors (Lipinski definition) is 1. The van der Waals surface area contributed by atoms with Gasteiger partial charge >= 0.3 is 11.9 Å². The van der Waals surface area contributed by atoms with Crippen molar-refractivity contribution in [1.82, 2.24) is 5.16 Å². The number of carboxylic acid groups (broad SMARTS) is 1. The lowest BCUT2D eigenvalue weighted by Crippen LogP contribution is -2.26. The van der Waals surface area contributed by atoms with Crippen LogP contribution >= 0.6 is 11.6 Å². The van der Waals surface area contributed by atoms with E-state index in [4.69, 9.17) is 21.2 Å². The molecule has 0 aliphatic heterocycles. The van der Waals surface area contributed by atoms with Crippen molar-refractivity contribution in [2.75, 3.05) is 0 Å². The van der Waals surface area contributed by atoms with Gasteiger partial charge in [0, 0.05) is 0 Å². The van der Waals surface area contributed by atoms with Gasteiger partial charge in [-0.05, 0) is 19.1 Å². The summed E-state index contributed by atoms with van der Waals surface area (Å²) >= 11 is 5.65. The number of aryl methyl sites for hydroxylation is 1. The molecule has 0 aliphatic carbocycles. The quantitative estimate of drug-likeness (QED) is 0.903. The van der Waals surface area contributed by atoms with Gasteiger partial charge in [0.1, 0.15) is 0 Å². The van der Waals surface area contributed by atoms with E-state index < -0.39 is 17.5 Å². The van der Waals surface area contributed by atoms with Gasteiger partial charge in [-0.15, -0.1) is 0 Å². The van der Waals surface area contributed by atoms with Crippen LogP contribution in [0.1, 0.15) is 11.3 Å². The lowest BCUT2D eigenvalue weighted by atomic mass is 10.0. The number of alkyl halides is 2. The second kappa shape index (κ2) is 3.66. The third-order valence-electron chi connectivity index (χ3n) is 2.34. The zero-order chi connectivity index (χ0) is 12.8. The Morgan fingerprint density at radius 2 is 2.18 bits per heavy atom. The van der Waals surface area contributed by atoms with E-state index >= 15 is 0 Å². The van der Waals surface area contributed by atoms with Gasteiger partial charge in [0.15, 0.2) is 5.58 Å². The highest BCUT2D eigenvalue weighted by molar-refractivity contribution is 6.32. The maximum atomic E-state index is 13.6. The molecule has 1 N–H and O–H groups in total. The first-order valence-corrected chi connectivity index (χ1v) is 4.89. The summed E-state index contributed by atoms with van der Waals surface area (Å²) in [5.74, 6) is -6.36. The summed E-state index contributed by atoms with van der Waals surface area (Å²) in [7, 11) is 0. The van der Waals surface area contributed by atoms with Crippen LogP contribution in [-0.2, 0) is 10.7 Å². The minimum Gasteiger partial charge on any atom is -0.477 e. The average Bonchev–Trinajstić information content (AvgIpc) is 2.60. The summed E-state index contributed by atoms with van der Waals surface area (Å²) in [4.78, 5) is 10.6. The summed E-state index contributed by atoms with van der Waals surface area (Å²) in [5.41, 5.74) is -0.552. The van der Waals surface area contributed by atoms with Crippen molar-refractivity contribution < 1.29 is 23.2 Å². The fourth-order valence-electron chi connectivity index (χ4n) is 1.57. The van der Waals surface area contributed by atoms with Crippen LogP contribution in [0.15, 0.2) is 16.7 Å². The fraction of sp³-hybridized carbons (Fsp3) is 0.200. The molecule has 0 atom stereocenters. The first-order valence-electron chi connectivity index (χ1n) is 4.52. The number of halogens is 3. The van der Waals surface area contributed by atoms with E-state index in [1.165, 1.54) is 13.0 Å². The van der Waals surface area contributed by atoms with Crippen molar-refractivity contribution in [3.63, 3.8) is 0 Å². The molecular formula is C10H6ClF2NO3. The third-order valence-corrected chi connectivity index (χ3v) is 2.66. The number of aliphatic carboxylic acids is 1. The maximum absolute atomic E-state index is 13.6. The molecule has 0 amide bonds. The standard InChI is InChI=1S/C10H6ClF2NO3/c1-4-7-6(17-14-4)3-2-5(11)8(7)10(12,13)9(15)16/h2-3H,1H3,(H,15,16). The SMILES string of the molecule is Cc1noc2ccc(Cl)c(C(F)(F)C(=O)O)c12. The monoisotopic (exact) mass is 261 g/mol. The predicted octanol–water partition coefficient (Wildman–Crippen LogP) is 2.97. The van der Waals surface area contributed by atoms with Crippen LogP contribution in [0.25, 0.3) is 11.0 Å². The Morgan fingerprint density at radius 1 is 1.53 bits per heavy atom. The highest BCUT2D eigenvalue weighted by atomic mass is 35.5. The van der Waals surface area contributed by atoms with E-state index in [1.54, 1.807) is 0 Å². The zero-order valence-electron chi connectivity index (χ0n) is 8.50. The largest absolute Gasteiger partial charge is 0.477 e. The molecule has 0 spiro atoms. The molecule has 7 heteroatoms. The molecule has 90 valence electrons. The van der Waals surface area contributed by atoms with Crippen molar-refractivity contribution in [2.24, 2.45) is 0 Å². The van der Waals surface area contributed by atoms with E-state index in [-0.39, 0.29) is 21.7 Å². The highest BCUT2D eigenvalue weighted by Crippen LogP contribution is 2.40. The highest BCUT2D eigenvalue weighted by Gasteiger charge is 2.45. The third kappa shape index (κ3) is 1.64. The van der Waals surface area contributed by atoms with Gasteiger partial charge in [-0.25, -0.2) is 4.79 Å². The van der Waals surface area contributed by atoms with E-state index in [1.807, 2.05) is 0 Å². The Morgan fingerprint density at radius 3 is 2.76 bits per heavy atom. The molecule has 2 rings (SSSR count). The summed E-state index contributed by atoms with van der Waals surface area (Å²) < 4.78 is 31.9. The summed E-state index contributed by atoms with van der Waals surface area (Å²) in [6.45, 7) is 1.43. The second-order valence-corrected chi connectivity index (χ2v) is 3.85. The second-order valence-electron chi connectivity index (χ2n) is 3.44. The maximum Gasteiger partial charge on any atom is 0.379 e. The molecule has 1 aromatic carbocycles. The van der Waals surface area contributed by atoms with Crippen LogP contribution in [-0.4, -0.2) is 16.2 Å². The molecular weight excluding hydrogens is 256 g/mol. The van der Waals surface area contributed by atoms with Gasteiger partial charge in [-0.2, -0.15) is 8.78 Å². The van der Waals surface area contributed by atoms with Gasteiger partial charge in [0.2, 0.25) is 0 Å². The lowest BCUT2D eigenvalue weighted by molar-refractivity contribution is -0.166. The number of rotatable bonds is 2. The van der Waals surface area contributed by atoms with Crippen molar-refractivity contribution in [3.05, 3.63) is 28.4 Å². The van der Waals surface area contributed by atoms with Crippen molar-refractivity contribution in [2.45, 2.75) is 12.8 Å². The molecule has 4 nitrogen and oxygen atoms in total. The van der Waals surface area contributed by atoms with Gasteiger partial charge in [-0.3, -0.25) is 0 Å². The normalized spacial score (nSPS) is 12.0. The molecule has 2 aromatic rings. The molecule has 0 fully saturated rings. The van der Waals surface area contributed by atoms with Crippen LogP contribution in [0.4, 0.5) is 8.78 Å². The van der Waals surface area contributed by atoms with Crippen LogP contribution < -0.4 is 0 Å². The Hall–Kier alpha value is -1.69. The van der Waals surface area contributed by atoms with E-state index in [0.29, 0.717) is 0 Å². The van der Waals surface area contributed by atoms with Crippen LogP contribution in [0.3, 0.4) is 0 Å². The number of hydrogen-bond acceptors (Lipinski definition) is 3. The predicted molar refractivity (Wildman–Crippen MR) is 55.3 cm³/mol. The first kappa shape index (κ1) is 11.8. The van der Waals surface area contributed by atoms with Crippen LogP contribution in [0.5, 0.6) is 0 Å². The first-order chi connectivity index (χ1) is 7.85. The van der Waals surface area contributed by atoms with E-state index in [2.05, 4.69) is 5.16 Å². The fourth-order valence-corrected chi connectivity index (χ4v) is 1.85. The van der Waals surface area contributed by atoms with Crippen molar-refractivity contribution in [3.8, 4) is 0 Å². The van der Waals surface area contributed by atoms with Gasteiger partial charge in [0.05, 0.1) is 21.7 Å². The Kier molecular flexibility index (Phi) is 2.54. The van der Waals surface area contributed by atoms with Gasteiger partial charge < -0.3 is 9.63 Å². The molecule has 0 bridgehead atoms. The number of carbonyl (C=O) groups is 1. The van der Waals surface area contributed by atoms with E-state index in [9.17, 15) is 13.6 Å². The van der Waals surface area contributed by atoms with Gasteiger partial charge in [0.25, 0.3) is 0 Å². The Labute approximate surface area is 98.8 Å². The Bertz CT molecular complexity index is 609. The average molecular weight is 262 g/mol. The topological polar surface area (TPSA) is 63.3 Å². The van der Waals surface area contributed by atoms with Crippen molar-refractivity contribution >= 4 is 28.5 Å². The van der Waals surface area contributed by atoms with E-state index in [0.717, 1.165) is 6.07 Å². The Balaban J connectivity index is 2.88. The lowest BCUT2D eigenvalue weighted by Gasteiger charge is -2.13. The molecule has 1 heterocycles. The van der Waals surface area contributed by atoms with Gasteiger partial charge in [-0.1, -0.05) is 16.8 Å². The number of aromatic nitrogens is 1. The summed E-state index contributed by atoms with van der Waals surface area (Å²) in [6, 6.07) is 2.51. The van der Waals surface area contributed by atoms with Crippen LogP contribution in [0.2, 0.25) is 5.02 Å². The molecule has 0 saturated heterocycles. The molecule has 0 aliphatic rings. The number of fused-ring (bicyclic) bond motifs is 1. The molecule has 0 saturated carbocycles. The zero-order valence-corrected chi connectivity index (χ0v) is 9.26. The van der Waals surface area contributed by atoms with Crippen LogP contribution in [0, 0.1) is 6.92 Å². The molecule has 0 radical (unpaired) electrons.